The van der Waals surface area contributed by atoms with Crippen LogP contribution < -0.4 is 5.32 Å². The third kappa shape index (κ3) is 2.93. The van der Waals surface area contributed by atoms with E-state index in [2.05, 4.69) is 31.3 Å². The Hall–Kier alpha value is -3.92. The van der Waals surface area contributed by atoms with Gasteiger partial charge < -0.3 is 5.32 Å². The Morgan fingerprint density at radius 2 is 1.85 bits per heavy atom. The number of nitriles is 1. The Kier molecular flexibility index (Phi) is 4.15. The van der Waals surface area contributed by atoms with Crippen molar-refractivity contribution in [3.63, 3.8) is 0 Å². The Morgan fingerprint density at radius 1 is 1.04 bits per heavy atom. The summed E-state index contributed by atoms with van der Waals surface area (Å²) in [5.41, 5.74) is 2.23. The van der Waals surface area contributed by atoms with Crippen LogP contribution in [0, 0.1) is 17.1 Å². The number of hydrogen-bond donors (Lipinski definition) is 1. The number of hydrogen-bond acceptors (Lipinski definition) is 6. The predicted molar refractivity (Wildman–Crippen MR) is 100 cm³/mol. The molecule has 0 saturated heterocycles. The van der Waals surface area contributed by atoms with Crippen molar-refractivity contribution in [2.45, 2.75) is 0 Å². The molecule has 2 aromatic heterocycles. The van der Waals surface area contributed by atoms with Crippen molar-refractivity contribution in [3.8, 4) is 28.7 Å². The number of halogens is 1. The fraction of sp³-hybridized carbons (Fsp3) is 0.0500. The van der Waals surface area contributed by atoms with Gasteiger partial charge >= 0.3 is 0 Å². The number of aromatic nitrogens is 4. The van der Waals surface area contributed by atoms with Gasteiger partial charge in [0.25, 0.3) is 0 Å². The number of nitrogens with zero attached hydrogens (tertiary/aromatic N) is 5. The lowest BCUT2D eigenvalue weighted by molar-refractivity contribution is 0.640. The van der Waals surface area contributed by atoms with Gasteiger partial charge in [-0.3, -0.25) is 4.98 Å². The lowest BCUT2D eigenvalue weighted by atomic mass is 10.0. The zero-order valence-corrected chi connectivity index (χ0v) is 14.3. The van der Waals surface area contributed by atoms with E-state index in [9.17, 15) is 0 Å². The molecule has 0 atom stereocenters. The molecule has 2 aromatic carbocycles. The van der Waals surface area contributed by atoms with Gasteiger partial charge in [0.2, 0.25) is 0 Å². The molecule has 4 aromatic rings. The molecule has 0 aliphatic heterocycles. The first-order chi connectivity index (χ1) is 13.2. The monoisotopic (exact) mass is 356 g/mol. The molecule has 0 fully saturated rings. The first kappa shape index (κ1) is 16.5. The van der Waals surface area contributed by atoms with E-state index in [-0.39, 0.29) is 11.3 Å². The van der Waals surface area contributed by atoms with Gasteiger partial charge in [-0.15, -0.1) is 0 Å². The molecule has 27 heavy (non-hydrogen) atoms. The van der Waals surface area contributed by atoms with E-state index in [1.807, 2.05) is 0 Å². The highest BCUT2D eigenvalue weighted by Gasteiger charge is 2.16. The molecule has 0 aliphatic carbocycles. The van der Waals surface area contributed by atoms with Crippen LogP contribution in [0.4, 0.5) is 10.2 Å². The van der Waals surface area contributed by atoms with E-state index < -0.39 is 5.82 Å². The molecule has 0 aliphatic rings. The average molecular weight is 356 g/mol. The number of benzene rings is 2. The maximum atomic E-state index is 15.3. The molecule has 130 valence electrons. The van der Waals surface area contributed by atoms with Crippen LogP contribution in [0.15, 0.2) is 55.0 Å². The lowest BCUT2D eigenvalue weighted by Gasteiger charge is -2.11. The molecular weight excluding hydrogens is 343 g/mol. The van der Waals surface area contributed by atoms with Crippen molar-refractivity contribution in [2.24, 2.45) is 0 Å². The standard InChI is InChI=1S/C20H13FN6/c1-23-19-15-7-6-14(13-4-2-12(10-22)3-5-13)17(21)18(15)26-20(27-19)16-11-24-8-9-25-16/h2-9,11H,1H3,(H,23,26,27). The zero-order valence-electron chi connectivity index (χ0n) is 14.3. The van der Waals surface area contributed by atoms with E-state index in [0.717, 1.165) is 0 Å². The summed E-state index contributed by atoms with van der Waals surface area (Å²) >= 11 is 0. The fourth-order valence-electron chi connectivity index (χ4n) is 2.83. The molecule has 0 saturated carbocycles. The molecule has 0 bridgehead atoms. The Balaban J connectivity index is 1.94. The van der Waals surface area contributed by atoms with Crippen LogP contribution in [0.25, 0.3) is 33.5 Å². The van der Waals surface area contributed by atoms with Crippen molar-refractivity contribution in [1.29, 1.82) is 5.26 Å². The number of fused-ring (bicyclic) bond motifs is 1. The summed E-state index contributed by atoms with van der Waals surface area (Å²) < 4.78 is 15.3. The topological polar surface area (TPSA) is 87.4 Å². The molecular formula is C20H13FN6. The second-order valence-corrected chi connectivity index (χ2v) is 5.75. The summed E-state index contributed by atoms with van der Waals surface area (Å²) in [6.07, 6.45) is 4.61. The van der Waals surface area contributed by atoms with Crippen molar-refractivity contribution < 1.29 is 4.39 Å². The highest BCUT2D eigenvalue weighted by Crippen LogP contribution is 2.32. The summed E-state index contributed by atoms with van der Waals surface area (Å²) in [6, 6.07) is 12.3. The van der Waals surface area contributed by atoms with Gasteiger partial charge in [0.1, 0.15) is 17.0 Å². The van der Waals surface area contributed by atoms with E-state index in [1.54, 1.807) is 49.6 Å². The van der Waals surface area contributed by atoms with Crippen molar-refractivity contribution in [3.05, 3.63) is 66.4 Å². The van der Waals surface area contributed by atoms with Crippen LogP contribution in [-0.2, 0) is 0 Å². The molecule has 2 heterocycles. The molecule has 0 amide bonds. The van der Waals surface area contributed by atoms with Crippen LogP contribution in [0.5, 0.6) is 0 Å². The molecule has 7 heteroatoms. The molecule has 0 spiro atoms. The van der Waals surface area contributed by atoms with Crippen LogP contribution >= 0.6 is 0 Å². The second-order valence-electron chi connectivity index (χ2n) is 5.75. The van der Waals surface area contributed by atoms with Crippen molar-refractivity contribution in [1.82, 2.24) is 19.9 Å². The Bertz CT molecular complexity index is 1170. The number of nitrogens with one attached hydrogen (secondary N) is 1. The second kappa shape index (κ2) is 6.77. The Labute approximate surface area is 154 Å². The maximum absolute atomic E-state index is 15.3. The van der Waals surface area contributed by atoms with Crippen LogP contribution in [-0.4, -0.2) is 27.0 Å². The zero-order chi connectivity index (χ0) is 18.8. The van der Waals surface area contributed by atoms with E-state index >= 15 is 4.39 Å². The van der Waals surface area contributed by atoms with Crippen molar-refractivity contribution >= 4 is 16.7 Å². The van der Waals surface area contributed by atoms with Crippen LogP contribution in [0.1, 0.15) is 5.56 Å². The first-order valence-electron chi connectivity index (χ1n) is 8.16. The summed E-state index contributed by atoms with van der Waals surface area (Å²) in [5, 5.41) is 12.5. The maximum Gasteiger partial charge on any atom is 0.182 e. The lowest BCUT2D eigenvalue weighted by Crippen LogP contribution is -2.02. The minimum atomic E-state index is -0.457. The van der Waals surface area contributed by atoms with Gasteiger partial charge in [0.15, 0.2) is 11.6 Å². The predicted octanol–water partition coefficient (Wildman–Crippen LogP) is 3.81. The highest BCUT2D eigenvalue weighted by molar-refractivity contribution is 5.94. The Morgan fingerprint density at radius 3 is 2.52 bits per heavy atom. The van der Waals surface area contributed by atoms with Gasteiger partial charge in [-0.05, 0) is 23.8 Å². The average Bonchev–Trinajstić information content (AvgIpc) is 2.74. The fourth-order valence-corrected chi connectivity index (χ4v) is 2.83. The summed E-state index contributed by atoms with van der Waals surface area (Å²) in [4.78, 5) is 17.0. The SMILES string of the molecule is CNc1nc(-c2cnccn2)nc2c(F)c(-c3ccc(C#N)cc3)ccc12. The third-order valence-electron chi connectivity index (χ3n) is 4.16. The number of rotatable bonds is 3. The smallest absolute Gasteiger partial charge is 0.182 e. The number of anilines is 1. The van der Waals surface area contributed by atoms with Gasteiger partial charge in [0, 0.05) is 30.4 Å². The summed E-state index contributed by atoms with van der Waals surface area (Å²) in [7, 11) is 1.72. The van der Waals surface area contributed by atoms with Gasteiger partial charge in [-0.25, -0.2) is 19.3 Å². The van der Waals surface area contributed by atoms with Gasteiger partial charge in [-0.1, -0.05) is 18.2 Å². The summed E-state index contributed by atoms with van der Waals surface area (Å²) in [5.74, 6) is 0.336. The van der Waals surface area contributed by atoms with Crippen LogP contribution in [0.3, 0.4) is 0 Å². The molecule has 6 nitrogen and oxygen atoms in total. The largest absolute Gasteiger partial charge is 0.373 e. The third-order valence-corrected chi connectivity index (χ3v) is 4.16. The van der Waals surface area contributed by atoms with Crippen LogP contribution in [0.2, 0.25) is 0 Å². The minimum absolute atomic E-state index is 0.192. The molecule has 1 N–H and O–H groups in total. The molecule has 0 radical (unpaired) electrons. The van der Waals surface area contributed by atoms with Crippen molar-refractivity contribution in [2.75, 3.05) is 12.4 Å². The normalized spacial score (nSPS) is 10.6. The summed E-state index contributed by atoms with van der Waals surface area (Å²) in [6.45, 7) is 0. The minimum Gasteiger partial charge on any atom is -0.373 e. The van der Waals surface area contributed by atoms with Gasteiger partial charge in [0.05, 0.1) is 17.8 Å². The van der Waals surface area contributed by atoms with Gasteiger partial charge in [-0.2, -0.15) is 5.26 Å². The van der Waals surface area contributed by atoms with E-state index in [4.69, 9.17) is 5.26 Å². The highest BCUT2D eigenvalue weighted by atomic mass is 19.1. The quantitative estimate of drug-likeness (QED) is 0.601. The van der Waals surface area contributed by atoms with E-state index in [1.165, 1.54) is 12.4 Å². The molecule has 0 unspecified atom stereocenters. The van der Waals surface area contributed by atoms with E-state index in [0.29, 0.717) is 33.6 Å². The first-order valence-corrected chi connectivity index (χ1v) is 8.16. The molecule has 4 rings (SSSR count).